The first kappa shape index (κ1) is 50.4. The average Bonchev–Trinajstić information content (AvgIpc) is 4.28. The molecule has 0 amide bonds. The first-order valence-electron chi connectivity index (χ1n) is 29.4. The smallest absolute Gasteiger partial charge is 0.238 e. The highest BCUT2D eigenvalue weighted by atomic mass is 16.3. The average molecular weight is 1130 g/mol. The molecule has 0 atom stereocenters. The molecule has 0 aliphatic carbocycles. The first-order valence-corrected chi connectivity index (χ1v) is 29.4. The highest BCUT2D eigenvalue weighted by molar-refractivity contribution is 6.13. The number of hydrogen-bond acceptors (Lipinski definition) is 7. The third-order valence-electron chi connectivity index (χ3n) is 16.7. The molecule has 12 aromatic carbocycles. The normalized spacial score (nSPS) is 11.6. The number of benzene rings is 12. The van der Waals surface area contributed by atoms with Crippen molar-refractivity contribution in [2.75, 3.05) is 0 Å². The highest BCUT2D eigenvalue weighted by Gasteiger charge is 2.21. The van der Waals surface area contributed by atoms with Crippen molar-refractivity contribution in [1.29, 1.82) is 0 Å². The van der Waals surface area contributed by atoms with E-state index < -0.39 is 0 Å². The Labute approximate surface area is 504 Å². The summed E-state index contributed by atoms with van der Waals surface area (Å²) in [5, 5.41) is 9.14. The number of furan rings is 2. The summed E-state index contributed by atoms with van der Waals surface area (Å²) in [5.41, 5.74) is 17.3. The molecule has 0 radical (unpaired) electrons. The van der Waals surface area contributed by atoms with Crippen LogP contribution in [-0.2, 0) is 0 Å². The van der Waals surface area contributed by atoms with Crippen LogP contribution in [0.15, 0.2) is 306 Å². The van der Waals surface area contributed by atoms with E-state index in [9.17, 15) is 0 Å². The molecule has 412 valence electrons. The fourth-order valence-corrected chi connectivity index (χ4v) is 12.5. The minimum Gasteiger partial charge on any atom is -0.456 e. The molecule has 9 nitrogen and oxygen atoms in total. The standard InChI is InChI=1S/C40H25N3O.C39H24N4O/c1-3-11-26(12-4-1)34-25-39(42-40(41-34)27-13-5-2-6-14-27)43-35-17-9-7-15-30(35)32-23-28(19-21-36(32)43)29-20-22-38-33(24-29)31-16-8-10-18-37(31)44-38;1-3-11-25(12-4-1)37-40-38(26-13-5-2-6-14-26)42-39(41-37)43-33-17-9-7-15-29(33)31-23-27(19-21-34(31)43)28-20-22-36-32(24-28)30-16-8-10-18-35(30)44-36/h1-25H;1-24H. The number of hydrogen-bond donors (Lipinski definition) is 0. The second-order valence-corrected chi connectivity index (χ2v) is 22.0. The van der Waals surface area contributed by atoms with E-state index in [1.54, 1.807) is 0 Å². The molecule has 6 aromatic heterocycles. The number of nitrogens with zero attached hydrogens (tertiary/aromatic N) is 7. The summed E-state index contributed by atoms with van der Waals surface area (Å²) in [4.78, 5) is 25.1. The molecular weight excluding hydrogens is 1080 g/mol. The Morgan fingerprint density at radius 2 is 0.568 bits per heavy atom. The molecule has 9 heteroatoms. The molecule has 18 rings (SSSR count). The van der Waals surface area contributed by atoms with Gasteiger partial charge in [0.2, 0.25) is 5.95 Å². The molecule has 0 spiro atoms. The van der Waals surface area contributed by atoms with Crippen LogP contribution in [0, 0.1) is 0 Å². The lowest BCUT2D eigenvalue weighted by molar-refractivity contribution is 0.668. The third-order valence-corrected chi connectivity index (χ3v) is 16.7. The second kappa shape index (κ2) is 20.9. The van der Waals surface area contributed by atoms with Crippen LogP contribution in [0.5, 0.6) is 0 Å². The molecule has 18 aromatic rings. The predicted octanol–water partition coefficient (Wildman–Crippen LogP) is 20.3. The van der Waals surface area contributed by atoms with Crippen molar-refractivity contribution in [3.63, 3.8) is 0 Å². The van der Waals surface area contributed by atoms with Crippen LogP contribution in [0.1, 0.15) is 0 Å². The molecule has 0 aliphatic rings. The minimum absolute atomic E-state index is 0.586. The van der Waals surface area contributed by atoms with Gasteiger partial charge in [0.25, 0.3) is 0 Å². The Bertz CT molecular complexity index is 5220. The Kier molecular flexibility index (Phi) is 12.0. The van der Waals surface area contributed by atoms with Gasteiger partial charge in [0.05, 0.1) is 27.8 Å². The zero-order valence-corrected chi connectivity index (χ0v) is 47.2. The van der Waals surface area contributed by atoms with E-state index in [2.05, 4.69) is 185 Å². The fourth-order valence-electron chi connectivity index (χ4n) is 12.5. The second-order valence-electron chi connectivity index (χ2n) is 22.0. The van der Waals surface area contributed by atoms with E-state index in [4.69, 9.17) is 33.8 Å². The van der Waals surface area contributed by atoms with Gasteiger partial charge in [0.1, 0.15) is 28.1 Å². The van der Waals surface area contributed by atoms with E-state index >= 15 is 0 Å². The van der Waals surface area contributed by atoms with Crippen LogP contribution in [0.3, 0.4) is 0 Å². The quantitative estimate of drug-likeness (QED) is 0.149. The zero-order valence-electron chi connectivity index (χ0n) is 47.2. The third kappa shape index (κ3) is 8.75. The highest BCUT2D eigenvalue weighted by Crippen LogP contribution is 2.40. The Morgan fingerprint density at radius 3 is 1.06 bits per heavy atom. The molecule has 0 unspecified atom stereocenters. The van der Waals surface area contributed by atoms with Crippen LogP contribution < -0.4 is 0 Å². The van der Waals surface area contributed by atoms with Crippen molar-refractivity contribution in [2.24, 2.45) is 0 Å². The summed E-state index contributed by atoms with van der Waals surface area (Å²) >= 11 is 0. The van der Waals surface area contributed by atoms with Crippen molar-refractivity contribution >= 4 is 87.5 Å². The van der Waals surface area contributed by atoms with Gasteiger partial charge in [0, 0.05) is 71.4 Å². The number of para-hydroxylation sites is 4. The summed E-state index contributed by atoms with van der Waals surface area (Å²) in [6, 6.07) is 102. The maximum atomic E-state index is 6.09. The molecule has 0 saturated heterocycles. The molecule has 0 aliphatic heterocycles. The fraction of sp³-hybridized carbons (Fsp3) is 0. The number of fused-ring (bicyclic) bond motifs is 12. The maximum absolute atomic E-state index is 6.09. The van der Waals surface area contributed by atoms with Crippen LogP contribution in [-0.4, -0.2) is 34.1 Å². The molecule has 0 bridgehead atoms. The number of aromatic nitrogens is 7. The Hall–Kier alpha value is -12.1. The van der Waals surface area contributed by atoms with Crippen molar-refractivity contribution in [2.45, 2.75) is 0 Å². The van der Waals surface area contributed by atoms with Gasteiger partial charge in [-0.15, -0.1) is 0 Å². The van der Waals surface area contributed by atoms with Gasteiger partial charge in [-0.25, -0.2) is 15.0 Å². The summed E-state index contributed by atoms with van der Waals surface area (Å²) < 4.78 is 16.6. The van der Waals surface area contributed by atoms with Crippen LogP contribution in [0.25, 0.3) is 167 Å². The molecule has 6 heterocycles. The molecule has 0 saturated carbocycles. The van der Waals surface area contributed by atoms with Crippen molar-refractivity contribution in [1.82, 2.24) is 34.1 Å². The molecule has 0 N–H and O–H groups in total. The van der Waals surface area contributed by atoms with E-state index in [0.717, 1.165) is 133 Å². The molecular formula is C79H49N7O2. The van der Waals surface area contributed by atoms with Gasteiger partial charge in [-0.2, -0.15) is 9.97 Å². The van der Waals surface area contributed by atoms with Gasteiger partial charge in [0.15, 0.2) is 17.5 Å². The molecule has 88 heavy (non-hydrogen) atoms. The van der Waals surface area contributed by atoms with Gasteiger partial charge in [-0.1, -0.05) is 218 Å². The van der Waals surface area contributed by atoms with E-state index in [0.29, 0.717) is 23.4 Å². The lowest BCUT2D eigenvalue weighted by Gasteiger charge is -2.12. The van der Waals surface area contributed by atoms with Crippen molar-refractivity contribution < 1.29 is 8.83 Å². The van der Waals surface area contributed by atoms with Gasteiger partial charge < -0.3 is 8.83 Å². The topological polar surface area (TPSA) is 101 Å². The summed E-state index contributed by atoms with van der Waals surface area (Å²) in [7, 11) is 0. The van der Waals surface area contributed by atoms with Gasteiger partial charge in [-0.3, -0.25) is 9.13 Å². The predicted molar refractivity (Wildman–Crippen MR) is 358 cm³/mol. The van der Waals surface area contributed by atoms with Gasteiger partial charge in [-0.05, 0) is 95.1 Å². The summed E-state index contributed by atoms with van der Waals surface area (Å²) in [6.07, 6.45) is 0. The van der Waals surface area contributed by atoms with Crippen LogP contribution in [0.4, 0.5) is 0 Å². The Balaban J connectivity index is 0.000000137. The summed E-state index contributed by atoms with van der Waals surface area (Å²) in [5.74, 6) is 3.39. The first-order chi connectivity index (χ1) is 43.6. The van der Waals surface area contributed by atoms with Crippen molar-refractivity contribution in [3.8, 4) is 79.4 Å². The van der Waals surface area contributed by atoms with Crippen LogP contribution in [0.2, 0.25) is 0 Å². The lowest BCUT2D eigenvalue weighted by Crippen LogP contribution is -2.06. The van der Waals surface area contributed by atoms with E-state index in [1.807, 2.05) is 121 Å². The van der Waals surface area contributed by atoms with Gasteiger partial charge >= 0.3 is 0 Å². The van der Waals surface area contributed by atoms with Crippen LogP contribution >= 0.6 is 0 Å². The minimum atomic E-state index is 0.586. The number of rotatable bonds is 8. The SMILES string of the molecule is c1ccc(-c2cc(-n3c4ccccc4c4cc(-c5ccc6oc7ccccc7c6c5)ccc43)nc(-c3ccccc3)n2)cc1.c1ccc(-c2nc(-c3ccccc3)nc(-n3c4ccccc4c4cc(-c5ccc6oc7ccccc7c6c5)ccc43)n2)cc1. The van der Waals surface area contributed by atoms with Crippen molar-refractivity contribution in [3.05, 3.63) is 297 Å². The zero-order chi connectivity index (χ0) is 58.1. The largest absolute Gasteiger partial charge is 0.456 e. The monoisotopic (exact) mass is 1130 g/mol. The maximum Gasteiger partial charge on any atom is 0.238 e. The lowest BCUT2D eigenvalue weighted by atomic mass is 10.0. The Morgan fingerprint density at radius 1 is 0.216 bits per heavy atom. The summed E-state index contributed by atoms with van der Waals surface area (Å²) in [6.45, 7) is 0. The molecule has 0 fully saturated rings. The van der Waals surface area contributed by atoms with E-state index in [-0.39, 0.29) is 0 Å². The van der Waals surface area contributed by atoms with E-state index in [1.165, 1.54) is 10.8 Å².